The second-order valence-electron chi connectivity index (χ2n) is 4.43. The molecule has 4 nitrogen and oxygen atoms in total. The summed E-state index contributed by atoms with van der Waals surface area (Å²) in [6.45, 7) is 3.45. The van der Waals surface area contributed by atoms with Gasteiger partial charge in [-0.05, 0) is 25.0 Å². The van der Waals surface area contributed by atoms with Crippen LogP contribution in [-0.2, 0) is 0 Å². The van der Waals surface area contributed by atoms with Crippen LogP contribution < -0.4 is 5.56 Å². The van der Waals surface area contributed by atoms with E-state index in [-0.39, 0.29) is 23.0 Å². The van der Waals surface area contributed by atoms with Gasteiger partial charge in [-0.2, -0.15) is 5.26 Å². The molecule has 0 aliphatic rings. The molecule has 1 N–H and O–H groups in total. The van der Waals surface area contributed by atoms with Crippen LogP contribution in [0, 0.1) is 18.3 Å². The van der Waals surface area contributed by atoms with Crippen LogP contribution in [0.1, 0.15) is 29.7 Å². The largest absolute Gasteiger partial charge is 0.493 e. The molecule has 1 unspecified atom stereocenters. The molecule has 4 heteroatoms. The minimum atomic E-state index is -0.332. The van der Waals surface area contributed by atoms with Gasteiger partial charge < -0.3 is 5.11 Å². The van der Waals surface area contributed by atoms with Crippen LogP contribution in [0.5, 0.6) is 5.88 Å². The molecule has 0 aliphatic carbocycles. The first-order valence-electron chi connectivity index (χ1n) is 5.96. The zero-order valence-electron chi connectivity index (χ0n) is 10.8. The van der Waals surface area contributed by atoms with Crippen molar-refractivity contribution in [2.24, 2.45) is 0 Å². The average Bonchev–Trinajstić information content (AvgIpc) is 2.39. The van der Waals surface area contributed by atoms with Crippen molar-refractivity contribution in [1.82, 2.24) is 4.57 Å². The Morgan fingerprint density at radius 2 is 1.95 bits per heavy atom. The summed E-state index contributed by atoms with van der Waals surface area (Å²) in [5.74, 6) is -0.274. The SMILES string of the molecule is Cc1cc(=O)n(C(C)c2ccccc2)c(O)c1C#N. The fraction of sp³-hybridized carbons (Fsp3) is 0.200. The molecule has 1 atom stereocenters. The summed E-state index contributed by atoms with van der Waals surface area (Å²) in [7, 11) is 0. The number of hydrogen-bond donors (Lipinski definition) is 1. The number of rotatable bonds is 2. The second-order valence-corrected chi connectivity index (χ2v) is 4.43. The number of hydrogen-bond acceptors (Lipinski definition) is 3. The topological polar surface area (TPSA) is 66.0 Å². The van der Waals surface area contributed by atoms with E-state index in [9.17, 15) is 9.90 Å². The van der Waals surface area contributed by atoms with Gasteiger partial charge in [-0.15, -0.1) is 0 Å². The number of aromatic nitrogens is 1. The molecule has 0 saturated carbocycles. The minimum Gasteiger partial charge on any atom is -0.493 e. The van der Waals surface area contributed by atoms with Gasteiger partial charge in [-0.3, -0.25) is 9.36 Å². The van der Waals surface area contributed by atoms with Gasteiger partial charge in [0, 0.05) is 6.07 Å². The van der Waals surface area contributed by atoms with E-state index in [1.54, 1.807) is 6.92 Å². The molecule has 0 radical (unpaired) electrons. The number of aryl methyl sites for hydroxylation is 1. The van der Waals surface area contributed by atoms with Crippen LogP contribution >= 0.6 is 0 Å². The first-order valence-corrected chi connectivity index (χ1v) is 5.96. The van der Waals surface area contributed by atoms with Crippen LogP contribution in [0.3, 0.4) is 0 Å². The summed E-state index contributed by atoms with van der Waals surface area (Å²) < 4.78 is 1.24. The maximum atomic E-state index is 12.0. The highest BCUT2D eigenvalue weighted by molar-refractivity contribution is 5.44. The van der Waals surface area contributed by atoms with E-state index in [0.29, 0.717) is 5.56 Å². The predicted octanol–water partition coefficient (Wildman–Crippen LogP) is 2.34. The zero-order chi connectivity index (χ0) is 14.0. The molecule has 0 spiro atoms. The standard InChI is InChI=1S/C15H14N2O2/c1-10-8-14(18)17(15(19)13(10)9-16)11(2)12-6-4-3-5-7-12/h3-8,11,19H,1-2H3. The quantitative estimate of drug-likeness (QED) is 0.894. The summed E-state index contributed by atoms with van der Waals surface area (Å²) in [5, 5.41) is 19.2. The molecule has 1 aromatic carbocycles. The maximum Gasteiger partial charge on any atom is 0.254 e. The number of nitrogens with zero attached hydrogens (tertiary/aromatic N) is 2. The Labute approximate surface area is 111 Å². The van der Waals surface area contributed by atoms with Crippen LogP contribution in [0.15, 0.2) is 41.2 Å². The van der Waals surface area contributed by atoms with Crippen LogP contribution in [0.4, 0.5) is 0 Å². The monoisotopic (exact) mass is 254 g/mol. The van der Waals surface area contributed by atoms with Gasteiger partial charge in [0.1, 0.15) is 11.6 Å². The van der Waals surface area contributed by atoms with Gasteiger partial charge in [0.2, 0.25) is 5.88 Å². The molecule has 96 valence electrons. The summed E-state index contributed by atoms with van der Waals surface area (Å²) in [6.07, 6.45) is 0. The molecule has 1 heterocycles. The highest BCUT2D eigenvalue weighted by Crippen LogP contribution is 2.24. The molecule has 0 saturated heterocycles. The van der Waals surface area contributed by atoms with Crippen molar-refractivity contribution < 1.29 is 5.11 Å². The van der Waals surface area contributed by atoms with E-state index in [1.807, 2.05) is 43.3 Å². The Hall–Kier alpha value is -2.54. The average molecular weight is 254 g/mol. The number of aromatic hydroxyl groups is 1. The first-order chi connectivity index (χ1) is 9.06. The highest BCUT2D eigenvalue weighted by atomic mass is 16.3. The van der Waals surface area contributed by atoms with Crippen LogP contribution in [0.25, 0.3) is 0 Å². The van der Waals surface area contributed by atoms with Gasteiger partial charge in [0.05, 0.1) is 6.04 Å². The van der Waals surface area contributed by atoms with Crippen molar-refractivity contribution in [3.63, 3.8) is 0 Å². The van der Waals surface area contributed by atoms with Crippen LogP contribution in [0.2, 0.25) is 0 Å². The Balaban J connectivity index is 2.64. The lowest BCUT2D eigenvalue weighted by atomic mass is 10.1. The van der Waals surface area contributed by atoms with E-state index >= 15 is 0 Å². The fourth-order valence-electron chi connectivity index (χ4n) is 2.12. The summed E-state index contributed by atoms with van der Waals surface area (Å²) >= 11 is 0. The molecule has 2 aromatic rings. The van der Waals surface area contributed by atoms with Crippen molar-refractivity contribution in [3.05, 3.63) is 63.4 Å². The Morgan fingerprint density at radius 3 is 2.53 bits per heavy atom. The summed E-state index contributed by atoms with van der Waals surface area (Å²) in [6, 6.07) is 12.3. The molecular weight excluding hydrogens is 240 g/mol. The fourth-order valence-corrected chi connectivity index (χ4v) is 2.12. The van der Waals surface area contributed by atoms with Gasteiger partial charge in [-0.25, -0.2) is 0 Å². The molecular formula is C15H14N2O2. The van der Waals surface area contributed by atoms with Crippen molar-refractivity contribution >= 4 is 0 Å². The van der Waals surface area contributed by atoms with Gasteiger partial charge >= 0.3 is 0 Å². The predicted molar refractivity (Wildman–Crippen MR) is 72.1 cm³/mol. The Bertz CT molecular complexity index is 697. The van der Waals surface area contributed by atoms with Crippen molar-refractivity contribution in [3.8, 4) is 11.9 Å². The molecule has 19 heavy (non-hydrogen) atoms. The summed E-state index contributed by atoms with van der Waals surface area (Å²) in [5.41, 5.74) is 1.21. The molecule has 1 aromatic heterocycles. The second kappa shape index (κ2) is 4.99. The molecule has 0 amide bonds. The molecule has 0 fully saturated rings. The third kappa shape index (κ3) is 2.23. The van der Waals surface area contributed by atoms with E-state index < -0.39 is 0 Å². The van der Waals surface area contributed by atoms with Crippen molar-refractivity contribution in [2.75, 3.05) is 0 Å². The number of pyridine rings is 1. The third-order valence-electron chi connectivity index (χ3n) is 3.20. The highest BCUT2D eigenvalue weighted by Gasteiger charge is 2.17. The number of benzene rings is 1. The Kier molecular flexibility index (Phi) is 3.39. The Morgan fingerprint density at radius 1 is 1.32 bits per heavy atom. The normalized spacial score (nSPS) is 11.8. The zero-order valence-corrected chi connectivity index (χ0v) is 10.8. The van der Waals surface area contributed by atoms with E-state index in [4.69, 9.17) is 5.26 Å². The van der Waals surface area contributed by atoms with Crippen molar-refractivity contribution in [2.45, 2.75) is 19.9 Å². The van der Waals surface area contributed by atoms with E-state index in [0.717, 1.165) is 5.56 Å². The summed E-state index contributed by atoms with van der Waals surface area (Å²) in [4.78, 5) is 12.0. The van der Waals surface area contributed by atoms with Gasteiger partial charge in [0.15, 0.2) is 0 Å². The van der Waals surface area contributed by atoms with Gasteiger partial charge in [-0.1, -0.05) is 30.3 Å². The molecule has 0 bridgehead atoms. The van der Waals surface area contributed by atoms with E-state index in [1.165, 1.54) is 10.6 Å². The smallest absolute Gasteiger partial charge is 0.254 e. The molecule has 0 aliphatic heterocycles. The maximum absolute atomic E-state index is 12.0. The third-order valence-corrected chi connectivity index (χ3v) is 3.20. The lowest BCUT2D eigenvalue weighted by molar-refractivity contribution is 0.393. The van der Waals surface area contributed by atoms with E-state index in [2.05, 4.69) is 0 Å². The first kappa shape index (κ1) is 12.9. The molecule has 2 rings (SSSR count). The van der Waals surface area contributed by atoms with Gasteiger partial charge in [0.25, 0.3) is 5.56 Å². The lowest BCUT2D eigenvalue weighted by Crippen LogP contribution is -2.24. The van der Waals surface area contributed by atoms with Crippen LogP contribution in [-0.4, -0.2) is 9.67 Å². The minimum absolute atomic E-state index is 0.141. The van der Waals surface area contributed by atoms with Crippen molar-refractivity contribution in [1.29, 1.82) is 5.26 Å². The number of nitriles is 1. The lowest BCUT2D eigenvalue weighted by Gasteiger charge is -2.18.